The third kappa shape index (κ3) is 3.28. The molecule has 1 aromatic rings. The minimum absolute atomic E-state index is 0.0144. The molecule has 2 unspecified atom stereocenters. The molecule has 0 aromatic carbocycles. The maximum absolute atomic E-state index is 12.3. The lowest BCUT2D eigenvalue weighted by Gasteiger charge is -2.11. The second kappa shape index (κ2) is 6.18. The second-order valence-electron chi connectivity index (χ2n) is 6.14. The quantitative estimate of drug-likeness (QED) is 0.844. The van der Waals surface area contributed by atoms with E-state index in [2.05, 4.69) is 5.32 Å². The van der Waals surface area contributed by atoms with Gasteiger partial charge < -0.3 is 10.4 Å². The van der Waals surface area contributed by atoms with Gasteiger partial charge in [-0.15, -0.1) is 11.3 Å². The summed E-state index contributed by atoms with van der Waals surface area (Å²) in [6, 6.07) is 2.06. The fourth-order valence-electron chi connectivity index (χ4n) is 3.37. The van der Waals surface area contributed by atoms with Crippen LogP contribution in [0.2, 0.25) is 0 Å². The Morgan fingerprint density at radius 1 is 1.19 bits per heavy atom. The van der Waals surface area contributed by atoms with Gasteiger partial charge in [0, 0.05) is 10.9 Å². The number of aliphatic carboxylic acids is 1. The van der Waals surface area contributed by atoms with Crippen LogP contribution < -0.4 is 5.32 Å². The van der Waals surface area contributed by atoms with Crippen molar-refractivity contribution < 1.29 is 14.7 Å². The van der Waals surface area contributed by atoms with E-state index < -0.39 is 5.97 Å². The third-order valence-corrected chi connectivity index (χ3v) is 5.82. The van der Waals surface area contributed by atoms with E-state index in [9.17, 15) is 9.59 Å². The average molecular weight is 307 g/mol. The van der Waals surface area contributed by atoms with Crippen LogP contribution in [0.5, 0.6) is 0 Å². The number of thiophene rings is 1. The molecule has 0 saturated heterocycles. The Kier molecular flexibility index (Phi) is 4.29. The lowest BCUT2D eigenvalue weighted by atomic mass is 10.1. The van der Waals surface area contributed by atoms with E-state index in [1.54, 1.807) is 11.3 Å². The summed E-state index contributed by atoms with van der Waals surface area (Å²) in [5.41, 5.74) is 1.34. The minimum atomic E-state index is -0.741. The van der Waals surface area contributed by atoms with Crippen LogP contribution in [0.1, 0.15) is 58.6 Å². The normalized spacial score (nSPS) is 25.1. The molecule has 1 fully saturated rings. The molecule has 0 bridgehead atoms. The molecule has 2 aliphatic rings. The van der Waals surface area contributed by atoms with Gasteiger partial charge in [-0.3, -0.25) is 9.59 Å². The lowest BCUT2D eigenvalue weighted by molar-refractivity contribution is -0.141. The maximum Gasteiger partial charge on any atom is 0.306 e. The molecule has 0 aliphatic heterocycles. The second-order valence-corrected chi connectivity index (χ2v) is 7.28. The fourth-order valence-corrected chi connectivity index (χ4v) is 4.53. The molecular weight excluding hydrogens is 286 g/mol. The van der Waals surface area contributed by atoms with Crippen LogP contribution in [0.15, 0.2) is 6.07 Å². The van der Waals surface area contributed by atoms with Gasteiger partial charge >= 0.3 is 5.97 Å². The van der Waals surface area contributed by atoms with Crippen molar-refractivity contribution in [2.75, 3.05) is 0 Å². The minimum Gasteiger partial charge on any atom is -0.481 e. The van der Waals surface area contributed by atoms with Crippen LogP contribution >= 0.6 is 11.3 Å². The van der Waals surface area contributed by atoms with Crippen molar-refractivity contribution in [3.63, 3.8) is 0 Å². The molecule has 1 aromatic heterocycles. The Morgan fingerprint density at radius 2 is 2.00 bits per heavy atom. The zero-order chi connectivity index (χ0) is 14.8. The van der Waals surface area contributed by atoms with Crippen LogP contribution in [-0.2, 0) is 17.6 Å². The average Bonchev–Trinajstić information content (AvgIpc) is 3.01. The van der Waals surface area contributed by atoms with Crippen LogP contribution in [0.4, 0.5) is 0 Å². The Bertz CT molecular complexity index is 528. The van der Waals surface area contributed by atoms with Gasteiger partial charge in [0.1, 0.15) is 0 Å². The van der Waals surface area contributed by atoms with E-state index in [4.69, 9.17) is 5.11 Å². The highest BCUT2D eigenvalue weighted by Crippen LogP contribution is 2.30. The number of carbonyl (C=O) groups is 2. The molecule has 21 heavy (non-hydrogen) atoms. The number of rotatable bonds is 3. The summed E-state index contributed by atoms with van der Waals surface area (Å²) < 4.78 is 0. The van der Waals surface area contributed by atoms with Gasteiger partial charge in [0.05, 0.1) is 10.8 Å². The largest absolute Gasteiger partial charge is 0.481 e. The molecule has 1 saturated carbocycles. The van der Waals surface area contributed by atoms with Crippen molar-refractivity contribution in [2.24, 2.45) is 5.92 Å². The first-order chi connectivity index (χ1) is 10.1. The highest BCUT2D eigenvalue weighted by Gasteiger charge is 2.31. The Hall–Kier alpha value is -1.36. The van der Waals surface area contributed by atoms with E-state index in [1.807, 2.05) is 6.07 Å². The van der Waals surface area contributed by atoms with E-state index in [0.717, 1.165) is 24.1 Å². The number of aryl methyl sites for hydroxylation is 2. The molecule has 4 nitrogen and oxygen atoms in total. The zero-order valence-corrected chi connectivity index (χ0v) is 12.9. The smallest absolute Gasteiger partial charge is 0.306 e. The number of carboxylic acid groups (broad SMARTS) is 1. The molecule has 0 spiro atoms. The van der Waals surface area contributed by atoms with Gasteiger partial charge in [0.25, 0.3) is 5.91 Å². The number of carbonyl (C=O) groups excluding carboxylic acids is 1. The SMILES string of the molecule is O=C(NC1CCC(C(=O)O)C1)c1cc2c(s1)CCCCC2. The van der Waals surface area contributed by atoms with Crippen molar-refractivity contribution in [3.05, 3.63) is 21.4 Å². The number of fused-ring (bicyclic) bond motifs is 1. The van der Waals surface area contributed by atoms with Crippen molar-refractivity contribution in [3.8, 4) is 0 Å². The Balaban J connectivity index is 1.62. The fraction of sp³-hybridized carbons (Fsp3) is 0.625. The van der Waals surface area contributed by atoms with Gasteiger partial charge in [-0.25, -0.2) is 0 Å². The molecule has 2 N–H and O–H groups in total. The van der Waals surface area contributed by atoms with Crippen molar-refractivity contribution >= 4 is 23.2 Å². The number of nitrogens with one attached hydrogen (secondary N) is 1. The molecule has 2 aliphatic carbocycles. The number of hydrogen-bond acceptors (Lipinski definition) is 3. The number of hydrogen-bond donors (Lipinski definition) is 2. The van der Waals surface area contributed by atoms with E-state index in [0.29, 0.717) is 12.8 Å². The van der Waals surface area contributed by atoms with Crippen molar-refractivity contribution in [1.29, 1.82) is 0 Å². The molecule has 1 heterocycles. The van der Waals surface area contributed by atoms with Gasteiger partial charge in [-0.2, -0.15) is 0 Å². The summed E-state index contributed by atoms with van der Waals surface area (Å²) in [5.74, 6) is -1.06. The highest BCUT2D eigenvalue weighted by atomic mass is 32.1. The van der Waals surface area contributed by atoms with E-state index in [1.165, 1.54) is 29.7 Å². The lowest BCUT2D eigenvalue weighted by Crippen LogP contribution is -2.32. The van der Waals surface area contributed by atoms with Gasteiger partial charge in [0.15, 0.2) is 0 Å². The Morgan fingerprint density at radius 3 is 2.76 bits per heavy atom. The number of carboxylic acids is 1. The Labute approximate surface area is 128 Å². The highest BCUT2D eigenvalue weighted by molar-refractivity contribution is 7.14. The topological polar surface area (TPSA) is 66.4 Å². The van der Waals surface area contributed by atoms with Gasteiger partial charge in [-0.05, 0) is 56.6 Å². The summed E-state index contributed by atoms with van der Waals surface area (Å²) in [4.78, 5) is 25.5. The summed E-state index contributed by atoms with van der Waals surface area (Å²) in [6.45, 7) is 0. The molecule has 114 valence electrons. The molecule has 1 amide bonds. The first kappa shape index (κ1) is 14.6. The van der Waals surface area contributed by atoms with Crippen LogP contribution in [0.25, 0.3) is 0 Å². The third-order valence-electron chi connectivity index (χ3n) is 4.59. The van der Waals surface area contributed by atoms with Crippen molar-refractivity contribution in [1.82, 2.24) is 5.32 Å². The summed E-state index contributed by atoms with van der Waals surface area (Å²) in [5, 5.41) is 12.0. The first-order valence-corrected chi connectivity index (χ1v) is 8.60. The van der Waals surface area contributed by atoms with E-state index in [-0.39, 0.29) is 17.9 Å². The predicted octanol–water partition coefficient (Wildman–Crippen LogP) is 3.00. The van der Waals surface area contributed by atoms with E-state index >= 15 is 0 Å². The van der Waals surface area contributed by atoms with Crippen LogP contribution in [0, 0.1) is 5.92 Å². The predicted molar refractivity (Wildman–Crippen MR) is 81.8 cm³/mol. The molecular formula is C16H21NO3S. The summed E-state index contributed by atoms with van der Waals surface area (Å²) in [6.07, 6.45) is 7.90. The maximum atomic E-state index is 12.3. The van der Waals surface area contributed by atoms with Gasteiger partial charge in [0.2, 0.25) is 0 Å². The molecule has 2 atom stereocenters. The number of amides is 1. The zero-order valence-electron chi connectivity index (χ0n) is 12.1. The first-order valence-electron chi connectivity index (χ1n) is 7.78. The van der Waals surface area contributed by atoms with Crippen molar-refractivity contribution in [2.45, 2.75) is 57.4 Å². The van der Waals surface area contributed by atoms with Crippen LogP contribution in [0.3, 0.4) is 0 Å². The monoisotopic (exact) mass is 307 g/mol. The van der Waals surface area contributed by atoms with Crippen LogP contribution in [-0.4, -0.2) is 23.0 Å². The summed E-state index contributed by atoms with van der Waals surface area (Å²) in [7, 11) is 0. The molecule has 3 rings (SSSR count). The molecule has 0 radical (unpaired) electrons. The van der Waals surface area contributed by atoms with Gasteiger partial charge in [-0.1, -0.05) is 6.42 Å². The molecule has 5 heteroatoms. The summed E-state index contributed by atoms with van der Waals surface area (Å²) >= 11 is 1.62. The standard InChI is InChI=1S/C16H21NO3S/c18-15(17-12-7-6-11(8-12)16(19)20)14-9-10-4-2-1-3-5-13(10)21-14/h9,11-12H,1-8H2,(H,17,18)(H,19,20).